The fraction of sp³-hybridized carbons (Fsp3) is 0.560. The van der Waals surface area contributed by atoms with Crippen molar-refractivity contribution in [3.8, 4) is 11.3 Å². The summed E-state index contributed by atoms with van der Waals surface area (Å²) in [6.07, 6.45) is 7.56. The first-order chi connectivity index (χ1) is 15.5. The third-order valence-electron chi connectivity index (χ3n) is 6.75. The zero-order chi connectivity index (χ0) is 22.7. The first-order valence-electron chi connectivity index (χ1n) is 11.9. The van der Waals surface area contributed by atoms with E-state index in [1.807, 2.05) is 39.9 Å². The number of hydrogen-bond donors (Lipinski definition) is 0. The van der Waals surface area contributed by atoms with Gasteiger partial charge in [-0.15, -0.1) is 0 Å². The average molecular weight is 457 g/mol. The van der Waals surface area contributed by atoms with Gasteiger partial charge in [0.25, 0.3) is 5.91 Å². The van der Waals surface area contributed by atoms with Crippen molar-refractivity contribution in [1.82, 2.24) is 19.6 Å². The second kappa shape index (κ2) is 10.1. The number of unbranched alkanes of at least 4 members (excludes halogenated alkanes) is 2. The van der Waals surface area contributed by atoms with Crippen LogP contribution in [0, 0.1) is 0 Å². The molecule has 2 aliphatic rings. The van der Waals surface area contributed by atoms with Crippen molar-refractivity contribution < 1.29 is 9.59 Å². The molecule has 0 spiro atoms. The van der Waals surface area contributed by atoms with Gasteiger partial charge in [0.15, 0.2) is 0 Å². The zero-order valence-electron chi connectivity index (χ0n) is 19.1. The molecule has 0 aliphatic carbocycles. The van der Waals surface area contributed by atoms with Crippen molar-refractivity contribution in [2.24, 2.45) is 0 Å². The van der Waals surface area contributed by atoms with Crippen LogP contribution in [0.5, 0.6) is 0 Å². The molecule has 0 saturated carbocycles. The van der Waals surface area contributed by atoms with Gasteiger partial charge in [0.2, 0.25) is 5.91 Å². The Labute approximate surface area is 195 Å². The Morgan fingerprint density at radius 1 is 1.19 bits per heavy atom. The molecule has 1 aromatic heterocycles. The van der Waals surface area contributed by atoms with E-state index in [2.05, 4.69) is 13.8 Å². The molecule has 3 heterocycles. The number of rotatable bonds is 7. The maximum Gasteiger partial charge on any atom is 0.272 e. The molecule has 1 unspecified atom stereocenters. The van der Waals surface area contributed by atoms with Gasteiger partial charge in [-0.25, -0.2) is 0 Å². The molecular weight excluding hydrogens is 424 g/mol. The van der Waals surface area contributed by atoms with Crippen molar-refractivity contribution in [2.75, 3.05) is 19.6 Å². The molecule has 2 atom stereocenters. The van der Waals surface area contributed by atoms with Crippen molar-refractivity contribution >= 4 is 23.4 Å². The number of aromatic nitrogens is 2. The van der Waals surface area contributed by atoms with Crippen LogP contribution in [-0.4, -0.2) is 57.1 Å². The normalized spacial score (nSPS) is 21.0. The van der Waals surface area contributed by atoms with E-state index in [9.17, 15) is 9.59 Å². The number of benzene rings is 1. The highest BCUT2D eigenvalue weighted by Gasteiger charge is 2.35. The standard InChI is InChI=1S/C25H33ClN4O2/c1-3-4-5-9-21-16-28(17-24(31)29-14-7-6-8-18(29)2)25(32)23-15-22(27-30(21)23)19-10-12-20(26)13-11-19/h10-13,15,18,21H,3-9,14,16-17H2,1-2H3/t18-,21?/m0/s1. The van der Waals surface area contributed by atoms with Gasteiger partial charge in [0, 0.05) is 29.7 Å². The molecule has 2 amide bonds. The highest BCUT2D eigenvalue weighted by Crippen LogP contribution is 2.30. The second-order valence-electron chi connectivity index (χ2n) is 9.13. The Kier molecular flexibility index (Phi) is 7.19. The number of amides is 2. The van der Waals surface area contributed by atoms with Crippen LogP contribution >= 0.6 is 11.6 Å². The molecule has 2 aliphatic heterocycles. The molecule has 1 fully saturated rings. The minimum Gasteiger partial charge on any atom is -0.338 e. The number of carbonyl (C=O) groups excluding carboxylic acids is 2. The summed E-state index contributed by atoms with van der Waals surface area (Å²) in [5, 5.41) is 5.48. The Balaban J connectivity index is 1.58. The Hall–Kier alpha value is -2.34. The van der Waals surface area contributed by atoms with Gasteiger partial charge < -0.3 is 9.80 Å². The van der Waals surface area contributed by atoms with Crippen molar-refractivity contribution in [3.63, 3.8) is 0 Å². The van der Waals surface area contributed by atoms with E-state index in [-0.39, 0.29) is 30.4 Å². The molecule has 32 heavy (non-hydrogen) atoms. The van der Waals surface area contributed by atoms with Crippen LogP contribution in [0.1, 0.15) is 75.3 Å². The van der Waals surface area contributed by atoms with Crippen molar-refractivity contribution in [1.29, 1.82) is 0 Å². The predicted molar refractivity (Wildman–Crippen MR) is 127 cm³/mol. The predicted octanol–water partition coefficient (Wildman–Crippen LogP) is 5.18. The van der Waals surface area contributed by atoms with Gasteiger partial charge in [0.05, 0.1) is 11.7 Å². The van der Waals surface area contributed by atoms with Crippen LogP contribution in [0.15, 0.2) is 30.3 Å². The van der Waals surface area contributed by atoms with E-state index >= 15 is 0 Å². The molecule has 7 heteroatoms. The topological polar surface area (TPSA) is 58.4 Å². The molecule has 6 nitrogen and oxygen atoms in total. The van der Waals surface area contributed by atoms with Crippen molar-refractivity contribution in [2.45, 2.75) is 70.9 Å². The van der Waals surface area contributed by atoms with Crippen LogP contribution in [-0.2, 0) is 4.79 Å². The Morgan fingerprint density at radius 3 is 2.69 bits per heavy atom. The lowest BCUT2D eigenvalue weighted by molar-refractivity contribution is -0.135. The number of nitrogens with zero attached hydrogens (tertiary/aromatic N) is 4. The molecule has 1 aromatic carbocycles. The lowest BCUT2D eigenvalue weighted by Crippen LogP contribution is -2.51. The molecule has 2 aromatic rings. The number of fused-ring (bicyclic) bond motifs is 1. The maximum absolute atomic E-state index is 13.4. The van der Waals surface area contributed by atoms with Gasteiger partial charge >= 0.3 is 0 Å². The van der Waals surface area contributed by atoms with E-state index in [0.29, 0.717) is 17.3 Å². The van der Waals surface area contributed by atoms with E-state index < -0.39 is 0 Å². The Bertz CT molecular complexity index is 955. The van der Waals surface area contributed by atoms with Crippen LogP contribution in [0.4, 0.5) is 0 Å². The summed E-state index contributed by atoms with van der Waals surface area (Å²) in [6.45, 7) is 5.77. The lowest BCUT2D eigenvalue weighted by Gasteiger charge is -2.37. The average Bonchev–Trinajstić information content (AvgIpc) is 3.23. The smallest absolute Gasteiger partial charge is 0.272 e. The van der Waals surface area contributed by atoms with Gasteiger partial charge in [-0.3, -0.25) is 14.3 Å². The van der Waals surface area contributed by atoms with Gasteiger partial charge in [0.1, 0.15) is 12.2 Å². The molecule has 1 saturated heterocycles. The van der Waals surface area contributed by atoms with Crippen LogP contribution in [0.3, 0.4) is 0 Å². The van der Waals surface area contributed by atoms with Crippen LogP contribution < -0.4 is 0 Å². The molecule has 0 bridgehead atoms. The largest absolute Gasteiger partial charge is 0.338 e. The maximum atomic E-state index is 13.4. The minimum atomic E-state index is -0.109. The number of carbonyl (C=O) groups is 2. The lowest BCUT2D eigenvalue weighted by atomic mass is 10.0. The highest BCUT2D eigenvalue weighted by atomic mass is 35.5. The third kappa shape index (κ3) is 4.85. The summed E-state index contributed by atoms with van der Waals surface area (Å²) in [5.74, 6) is -0.0498. The number of piperidine rings is 1. The second-order valence-corrected chi connectivity index (χ2v) is 9.57. The first-order valence-corrected chi connectivity index (χ1v) is 12.3. The van der Waals surface area contributed by atoms with Gasteiger partial charge in [-0.1, -0.05) is 49.9 Å². The number of halogens is 1. The van der Waals surface area contributed by atoms with E-state index in [1.54, 1.807) is 4.90 Å². The zero-order valence-corrected chi connectivity index (χ0v) is 19.9. The first kappa shape index (κ1) is 22.8. The van der Waals surface area contributed by atoms with Crippen molar-refractivity contribution in [3.05, 3.63) is 41.0 Å². The minimum absolute atomic E-state index is 0.0590. The van der Waals surface area contributed by atoms with E-state index in [0.717, 1.165) is 56.3 Å². The molecule has 0 N–H and O–H groups in total. The summed E-state index contributed by atoms with van der Waals surface area (Å²) in [6, 6.07) is 9.71. The monoisotopic (exact) mass is 456 g/mol. The molecule has 172 valence electrons. The van der Waals surface area contributed by atoms with Gasteiger partial charge in [-0.05, 0) is 50.8 Å². The fourth-order valence-corrected chi connectivity index (χ4v) is 5.00. The number of likely N-dealkylation sites (tertiary alicyclic amines) is 1. The van der Waals surface area contributed by atoms with Crippen LogP contribution in [0.25, 0.3) is 11.3 Å². The quantitative estimate of drug-likeness (QED) is 0.539. The van der Waals surface area contributed by atoms with E-state index in [1.165, 1.54) is 6.42 Å². The Morgan fingerprint density at radius 2 is 1.97 bits per heavy atom. The summed E-state index contributed by atoms with van der Waals surface area (Å²) in [7, 11) is 0. The van der Waals surface area contributed by atoms with Gasteiger partial charge in [-0.2, -0.15) is 5.10 Å². The summed E-state index contributed by atoms with van der Waals surface area (Å²) >= 11 is 6.04. The summed E-state index contributed by atoms with van der Waals surface area (Å²) in [4.78, 5) is 30.1. The molecule has 4 rings (SSSR count). The van der Waals surface area contributed by atoms with Crippen LogP contribution in [0.2, 0.25) is 5.02 Å². The number of hydrogen-bond acceptors (Lipinski definition) is 3. The summed E-state index contributed by atoms with van der Waals surface area (Å²) < 4.78 is 1.90. The molecular formula is C25H33ClN4O2. The fourth-order valence-electron chi connectivity index (χ4n) is 4.87. The molecule has 0 radical (unpaired) electrons. The third-order valence-corrected chi connectivity index (χ3v) is 7.00. The van der Waals surface area contributed by atoms with E-state index in [4.69, 9.17) is 16.7 Å². The summed E-state index contributed by atoms with van der Waals surface area (Å²) in [5.41, 5.74) is 2.27. The SMILES string of the molecule is CCCCCC1CN(CC(=O)N2CCCC[C@@H]2C)C(=O)c2cc(-c3ccc(Cl)cc3)nn21. The highest BCUT2D eigenvalue weighted by molar-refractivity contribution is 6.30.